The van der Waals surface area contributed by atoms with Crippen molar-refractivity contribution in [1.82, 2.24) is 20.0 Å². The van der Waals surface area contributed by atoms with Gasteiger partial charge >= 0.3 is 0 Å². The van der Waals surface area contributed by atoms with Gasteiger partial charge in [-0.2, -0.15) is 0 Å². The van der Waals surface area contributed by atoms with Gasteiger partial charge in [0.1, 0.15) is 5.51 Å². The van der Waals surface area contributed by atoms with Crippen LogP contribution < -0.4 is 5.32 Å². The fourth-order valence-corrected chi connectivity index (χ4v) is 4.05. The molecule has 1 aliphatic heterocycles. The molecule has 1 amide bonds. The van der Waals surface area contributed by atoms with Crippen LogP contribution in [0.15, 0.2) is 34.1 Å². The molecule has 1 saturated heterocycles. The Labute approximate surface area is 156 Å². The number of piperazine rings is 1. The topological polar surface area (TPSA) is 61.4 Å². The first kappa shape index (κ1) is 18.3. The van der Waals surface area contributed by atoms with Gasteiger partial charge in [-0.1, -0.05) is 42.2 Å². The Morgan fingerprint density at radius 2 is 1.92 bits per heavy atom. The summed E-state index contributed by atoms with van der Waals surface area (Å²) in [6.45, 7) is 8.87. The Kier molecular flexibility index (Phi) is 6.80. The lowest BCUT2D eigenvalue weighted by Gasteiger charge is -2.34. The third-order valence-electron chi connectivity index (χ3n) is 4.22. The first-order valence-corrected chi connectivity index (χ1v) is 10.3. The lowest BCUT2D eigenvalue weighted by Crippen LogP contribution is -2.45. The second-order valence-electron chi connectivity index (χ2n) is 5.95. The van der Waals surface area contributed by atoms with Crippen molar-refractivity contribution in [3.8, 4) is 0 Å². The molecule has 1 aromatic heterocycles. The van der Waals surface area contributed by atoms with Gasteiger partial charge in [-0.25, -0.2) is 0 Å². The molecule has 8 heteroatoms. The van der Waals surface area contributed by atoms with Crippen LogP contribution in [0.5, 0.6) is 0 Å². The number of hydrogen-bond acceptors (Lipinski definition) is 7. The van der Waals surface area contributed by atoms with Gasteiger partial charge in [-0.15, -0.1) is 10.2 Å². The van der Waals surface area contributed by atoms with E-state index in [-0.39, 0.29) is 5.91 Å². The average Bonchev–Trinajstić information content (AvgIpc) is 3.16. The molecule has 0 saturated carbocycles. The summed E-state index contributed by atoms with van der Waals surface area (Å²) >= 11 is 2.85. The molecule has 1 aliphatic rings. The fraction of sp³-hybridized carbons (Fsp3) is 0.471. The zero-order chi connectivity index (χ0) is 17.5. The standard InChI is InChI=1S/C17H23N5OS2/c1-2-21-7-9-22(10-8-21)11-14-3-5-15(6-4-14)19-16(23)12-24-17-20-18-13-25-17/h3-6,13H,2,7-12H2,1H3,(H,19,23). The van der Waals surface area contributed by atoms with Crippen LogP contribution in [0.1, 0.15) is 12.5 Å². The minimum atomic E-state index is -0.0244. The first-order valence-electron chi connectivity index (χ1n) is 8.45. The van der Waals surface area contributed by atoms with E-state index in [4.69, 9.17) is 0 Å². The van der Waals surface area contributed by atoms with Crippen molar-refractivity contribution in [1.29, 1.82) is 0 Å². The van der Waals surface area contributed by atoms with Gasteiger partial charge in [0.15, 0.2) is 4.34 Å². The summed E-state index contributed by atoms with van der Waals surface area (Å²) < 4.78 is 0.814. The number of carbonyl (C=O) groups excluding carboxylic acids is 1. The van der Waals surface area contributed by atoms with E-state index in [2.05, 4.69) is 44.4 Å². The number of rotatable bonds is 7. The second kappa shape index (κ2) is 9.28. The number of amides is 1. The summed E-state index contributed by atoms with van der Waals surface area (Å²) in [5.41, 5.74) is 3.79. The molecular formula is C17H23N5OS2. The molecule has 2 aromatic rings. The molecule has 134 valence electrons. The van der Waals surface area contributed by atoms with E-state index in [1.165, 1.54) is 28.7 Å². The molecule has 0 atom stereocenters. The Morgan fingerprint density at radius 3 is 2.56 bits per heavy atom. The minimum absolute atomic E-state index is 0.0244. The van der Waals surface area contributed by atoms with Crippen molar-refractivity contribution in [2.75, 3.05) is 43.8 Å². The summed E-state index contributed by atoms with van der Waals surface area (Å²) in [5.74, 6) is 0.321. The molecule has 0 bridgehead atoms. The van der Waals surface area contributed by atoms with Gasteiger partial charge in [0.05, 0.1) is 5.75 Å². The molecular weight excluding hydrogens is 354 g/mol. The highest BCUT2D eigenvalue weighted by molar-refractivity contribution is 8.01. The smallest absolute Gasteiger partial charge is 0.234 e. The van der Waals surface area contributed by atoms with Gasteiger partial charge in [0, 0.05) is 38.4 Å². The zero-order valence-corrected chi connectivity index (χ0v) is 16.0. The van der Waals surface area contributed by atoms with E-state index in [0.717, 1.165) is 49.3 Å². The molecule has 0 aliphatic carbocycles. The third kappa shape index (κ3) is 5.78. The summed E-state index contributed by atoms with van der Waals surface area (Å²) in [6, 6.07) is 8.15. The fourth-order valence-electron chi connectivity index (χ4n) is 2.77. The van der Waals surface area contributed by atoms with Crippen molar-refractivity contribution < 1.29 is 4.79 Å². The summed E-state index contributed by atoms with van der Waals surface area (Å²) in [4.78, 5) is 16.9. The van der Waals surface area contributed by atoms with Gasteiger partial charge in [-0.05, 0) is 24.2 Å². The predicted octanol–water partition coefficient (Wildman–Crippen LogP) is 2.41. The van der Waals surface area contributed by atoms with Crippen molar-refractivity contribution >= 4 is 34.7 Å². The molecule has 0 radical (unpaired) electrons. The van der Waals surface area contributed by atoms with Crippen LogP contribution in [0, 0.1) is 0 Å². The number of thioether (sulfide) groups is 1. The molecule has 1 fully saturated rings. The van der Waals surface area contributed by atoms with Crippen LogP contribution in [0.4, 0.5) is 5.69 Å². The van der Waals surface area contributed by atoms with Crippen LogP contribution in [0.3, 0.4) is 0 Å². The number of anilines is 1. The molecule has 0 spiro atoms. The normalized spacial score (nSPS) is 16.0. The highest BCUT2D eigenvalue weighted by atomic mass is 32.2. The van der Waals surface area contributed by atoms with E-state index in [0.29, 0.717) is 5.75 Å². The molecule has 1 N–H and O–H groups in total. The highest BCUT2D eigenvalue weighted by Crippen LogP contribution is 2.19. The molecule has 3 rings (SSSR count). The van der Waals surface area contributed by atoms with Crippen molar-refractivity contribution in [2.24, 2.45) is 0 Å². The second-order valence-corrected chi connectivity index (χ2v) is 8.00. The summed E-state index contributed by atoms with van der Waals surface area (Å²) in [6.07, 6.45) is 0. The Balaban J connectivity index is 1.43. The Morgan fingerprint density at radius 1 is 1.20 bits per heavy atom. The summed E-state index contributed by atoms with van der Waals surface area (Å²) in [5, 5.41) is 10.6. The van der Waals surface area contributed by atoms with Gasteiger partial charge in [-0.3, -0.25) is 9.69 Å². The highest BCUT2D eigenvalue weighted by Gasteiger charge is 2.15. The Bertz CT molecular complexity index is 654. The summed E-state index contributed by atoms with van der Waals surface area (Å²) in [7, 11) is 0. The largest absolute Gasteiger partial charge is 0.325 e. The average molecular weight is 378 g/mol. The van der Waals surface area contributed by atoms with E-state index in [9.17, 15) is 4.79 Å². The van der Waals surface area contributed by atoms with Crippen molar-refractivity contribution in [3.05, 3.63) is 35.3 Å². The molecule has 6 nitrogen and oxygen atoms in total. The lowest BCUT2D eigenvalue weighted by molar-refractivity contribution is -0.113. The first-order chi connectivity index (χ1) is 12.2. The van der Waals surface area contributed by atoms with Crippen molar-refractivity contribution in [3.63, 3.8) is 0 Å². The van der Waals surface area contributed by atoms with E-state index in [1.54, 1.807) is 5.51 Å². The number of benzene rings is 1. The van der Waals surface area contributed by atoms with Crippen LogP contribution in [-0.4, -0.2) is 64.4 Å². The SMILES string of the molecule is CCN1CCN(Cc2ccc(NC(=O)CSc3nncs3)cc2)CC1. The van der Waals surface area contributed by atoms with E-state index < -0.39 is 0 Å². The lowest BCUT2D eigenvalue weighted by atomic mass is 10.1. The maximum atomic E-state index is 12.0. The van der Waals surface area contributed by atoms with Crippen LogP contribution in [0.25, 0.3) is 0 Å². The zero-order valence-electron chi connectivity index (χ0n) is 14.4. The molecule has 25 heavy (non-hydrogen) atoms. The number of nitrogens with one attached hydrogen (secondary N) is 1. The monoisotopic (exact) mass is 377 g/mol. The van der Waals surface area contributed by atoms with Crippen LogP contribution >= 0.6 is 23.1 Å². The maximum absolute atomic E-state index is 12.0. The van der Waals surface area contributed by atoms with E-state index >= 15 is 0 Å². The van der Waals surface area contributed by atoms with Gasteiger partial charge < -0.3 is 10.2 Å². The van der Waals surface area contributed by atoms with Gasteiger partial charge in [0.2, 0.25) is 5.91 Å². The molecule has 1 aromatic carbocycles. The predicted molar refractivity (Wildman–Crippen MR) is 103 cm³/mol. The number of likely N-dealkylation sites (N-methyl/N-ethyl adjacent to an activating group) is 1. The quantitative estimate of drug-likeness (QED) is 0.748. The number of carbonyl (C=O) groups is 1. The number of nitrogens with zero attached hydrogens (tertiary/aromatic N) is 4. The number of hydrogen-bond donors (Lipinski definition) is 1. The van der Waals surface area contributed by atoms with Crippen molar-refractivity contribution in [2.45, 2.75) is 17.8 Å². The molecule has 0 unspecified atom stereocenters. The third-order valence-corrected chi connectivity index (χ3v) is 6.08. The minimum Gasteiger partial charge on any atom is -0.325 e. The number of aromatic nitrogens is 2. The Hall–Kier alpha value is -1.48. The van der Waals surface area contributed by atoms with E-state index in [1.807, 2.05) is 12.1 Å². The van der Waals surface area contributed by atoms with Crippen LogP contribution in [0.2, 0.25) is 0 Å². The maximum Gasteiger partial charge on any atom is 0.234 e. The van der Waals surface area contributed by atoms with Gasteiger partial charge in [0.25, 0.3) is 0 Å². The van der Waals surface area contributed by atoms with Crippen LogP contribution in [-0.2, 0) is 11.3 Å². The molecule has 2 heterocycles.